The Morgan fingerprint density at radius 3 is 1.08 bits per heavy atom. The number of halogens is 2. The molecule has 0 aliphatic heterocycles. The molecule has 0 saturated heterocycles. The normalized spacial score (nSPS) is 13.5. The SMILES string of the molecule is [O-][Cl+3]([O-])([O-])OCCO[Cl+3]([O-])([O-])[O-]. The van der Waals surface area contributed by atoms with Gasteiger partial charge in [-0.05, 0) is 0 Å². The van der Waals surface area contributed by atoms with Gasteiger partial charge in [0, 0.05) is 0 Å². The molecule has 0 N–H and O–H groups in total. The van der Waals surface area contributed by atoms with E-state index in [0.717, 1.165) is 0 Å². The van der Waals surface area contributed by atoms with Crippen LogP contribution >= 0.6 is 0 Å². The van der Waals surface area contributed by atoms with Gasteiger partial charge >= 0.3 is 0 Å². The molecule has 0 atom stereocenters. The fourth-order valence-electron chi connectivity index (χ4n) is 0.252. The molecule has 8 nitrogen and oxygen atoms in total. The Hall–Kier alpha value is 0.260. The van der Waals surface area contributed by atoms with E-state index in [1.807, 2.05) is 0 Å². The van der Waals surface area contributed by atoms with E-state index in [1.165, 1.54) is 0 Å². The van der Waals surface area contributed by atoms with Crippen molar-refractivity contribution >= 4 is 0 Å². The summed E-state index contributed by atoms with van der Waals surface area (Å²) in [6, 6.07) is 0. The molecule has 0 radical (unpaired) electrons. The van der Waals surface area contributed by atoms with Crippen LogP contribution in [0.1, 0.15) is 0 Å². The van der Waals surface area contributed by atoms with Gasteiger partial charge in [0.1, 0.15) is 0 Å². The topological polar surface area (TPSA) is 157 Å². The van der Waals surface area contributed by atoms with Crippen LogP contribution in [0.15, 0.2) is 0 Å². The van der Waals surface area contributed by atoms with Crippen LogP contribution in [-0.4, -0.2) is 13.2 Å². The minimum Gasteiger partial charge on any atom is -0.183 e. The Morgan fingerprint density at radius 2 is 0.917 bits per heavy atom. The molecular formula is C2H4Cl2O8. The lowest BCUT2D eigenvalue weighted by Gasteiger charge is -2.13. The van der Waals surface area contributed by atoms with Gasteiger partial charge in [-0.2, -0.15) is 28.0 Å². The fraction of sp³-hybridized carbons (Fsp3) is 1.00. The van der Waals surface area contributed by atoms with Gasteiger partial charge in [0.2, 0.25) is 13.2 Å². The van der Waals surface area contributed by atoms with Gasteiger partial charge in [-0.15, -0.1) is 0 Å². The zero-order valence-corrected chi connectivity index (χ0v) is 6.95. The zero-order chi connectivity index (χ0) is 9.83. The Bertz CT molecular complexity index is 108. The molecule has 0 aliphatic carbocycles. The average molecular weight is 227 g/mol. The lowest BCUT2D eigenvalue weighted by molar-refractivity contribution is -1.92. The van der Waals surface area contributed by atoms with E-state index in [1.54, 1.807) is 0 Å². The van der Waals surface area contributed by atoms with E-state index in [2.05, 4.69) is 8.58 Å². The summed E-state index contributed by atoms with van der Waals surface area (Å²) in [6.07, 6.45) is 0. The summed E-state index contributed by atoms with van der Waals surface area (Å²) in [7, 11) is -9.23. The van der Waals surface area contributed by atoms with Crippen LogP contribution in [0, 0.1) is 20.5 Å². The van der Waals surface area contributed by atoms with Crippen LogP contribution in [0.2, 0.25) is 0 Å². The molecule has 0 aromatic carbocycles. The molecule has 0 aromatic heterocycles. The van der Waals surface area contributed by atoms with Crippen molar-refractivity contribution in [1.29, 1.82) is 0 Å². The van der Waals surface area contributed by atoms with Crippen molar-refractivity contribution in [3.63, 3.8) is 0 Å². The first-order valence-electron chi connectivity index (χ1n) is 2.31. The van der Waals surface area contributed by atoms with Gasteiger partial charge < -0.3 is 0 Å². The van der Waals surface area contributed by atoms with Crippen molar-refractivity contribution in [2.75, 3.05) is 13.2 Å². The number of hydrogen-bond donors (Lipinski definition) is 0. The highest BCUT2D eigenvalue weighted by Crippen LogP contribution is 1.91. The monoisotopic (exact) mass is 226 g/mol. The predicted molar refractivity (Wildman–Crippen MR) is 11.9 cm³/mol. The summed E-state index contributed by atoms with van der Waals surface area (Å²) < 4.78 is 65.0. The van der Waals surface area contributed by atoms with Crippen molar-refractivity contribution in [3.05, 3.63) is 0 Å². The molecule has 0 bridgehead atoms. The highest BCUT2D eigenvalue weighted by molar-refractivity contribution is 4.12. The summed E-state index contributed by atoms with van der Waals surface area (Å²) in [6.45, 7) is -1.66. The molecule has 0 aromatic rings. The van der Waals surface area contributed by atoms with Gasteiger partial charge in [-0.3, -0.25) is 0 Å². The Balaban J connectivity index is 3.35. The van der Waals surface area contributed by atoms with Crippen molar-refractivity contribution in [1.82, 2.24) is 0 Å². The van der Waals surface area contributed by atoms with Crippen LogP contribution in [0.4, 0.5) is 0 Å². The van der Waals surface area contributed by atoms with Gasteiger partial charge in [0.05, 0.1) is 29.1 Å². The minimum absolute atomic E-state index is 0.831. The van der Waals surface area contributed by atoms with E-state index in [9.17, 15) is 28.0 Å². The second kappa shape index (κ2) is 4.48. The highest BCUT2D eigenvalue weighted by Gasteiger charge is 2.23. The summed E-state index contributed by atoms with van der Waals surface area (Å²) in [5, 5.41) is 0. The van der Waals surface area contributed by atoms with Crippen LogP contribution < -0.4 is 28.0 Å². The summed E-state index contributed by atoms with van der Waals surface area (Å²) >= 11 is 0. The molecule has 12 heavy (non-hydrogen) atoms. The van der Waals surface area contributed by atoms with E-state index in [0.29, 0.717) is 0 Å². The molecule has 0 aliphatic rings. The van der Waals surface area contributed by atoms with E-state index in [4.69, 9.17) is 0 Å². The van der Waals surface area contributed by atoms with Crippen LogP contribution in [0.25, 0.3) is 0 Å². The molecular weight excluding hydrogens is 223 g/mol. The third-order valence-corrected chi connectivity index (χ3v) is 1.35. The summed E-state index contributed by atoms with van der Waals surface area (Å²) in [5.74, 6) is 0. The standard InChI is InChI=1S/C2H4Cl2O8/c5-3(6,7)11-1-2-12-4(8,9)10/h1-2H2. The van der Waals surface area contributed by atoms with Gasteiger partial charge in [0.15, 0.2) is 0 Å². The first kappa shape index (κ1) is 12.3. The van der Waals surface area contributed by atoms with E-state index >= 15 is 0 Å². The van der Waals surface area contributed by atoms with Gasteiger partial charge in [0.25, 0.3) is 0 Å². The van der Waals surface area contributed by atoms with Crippen molar-refractivity contribution in [2.45, 2.75) is 0 Å². The highest BCUT2D eigenvalue weighted by atomic mass is 35.7. The quantitative estimate of drug-likeness (QED) is 0.419. The third kappa shape index (κ3) is 10.3. The molecule has 0 rings (SSSR count). The van der Waals surface area contributed by atoms with E-state index < -0.39 is 33.7 Å². The Morgan fingerprint density at radius 1 is 0.667 bits per heavy atom. The number of rotatable bonds is 5. The molecule has 10 heteroatoms. The molecule has 0 heterocycles. The molecule has 0 saturated carbocycles. The predicted octanol–water partition coefficient (Wildman–Crippen LogP) is -7.19. The van der Waals surface area contributed by atoms with Crippen molar-refractivity contribution < 1.29 is 57.0 Å². The van der Waals surface area contributed by atoms with Crippen LogP contribution in [0.3, 0.4) is 0 Å². The zero-order valence-electron chi connectivity index (χ0n) is 5.44. The maximum atomic E-state index is 9.66. The average Bonchev–Trinajstić information content (AvgIpc) is 1.76. The third-order valence-electron chi connectivity index (χ3n) is 0.505. The molecule has 0 spiro atoms. The van der Waals surface area contributed by atoms with Crippen molar-refractivity contribution in [3.8, 4) is 0 Å². The summed E-state index contributed by atoms with van der Waals surface area (Å²) in [4.78, 5) is 0. The van der Waals surface area contributed by atoms with Gasteiger partial charge in [-0.25, -0.2) is 0 Å². The second-order valence-corrected chi connectivity index (χ2v) is 3.33. The molecule has 0 unspecified atom stereocenters. The Labute approximate surface area is 71.0 Å². The Kier molecular flexibility index (Phi) is 4.58. The molecule has 0 fully saturated rings. The van der Waals surface area contributed by atoms with Crippen LogP contribution in [0.5, 0.6) is 0 Å². The van der Waals surface area contributed by atoms with Crippen molar-refractivity contribution in [2.24, 2.45) is 0 Å². The first-order chi connectivity index (χ1) is 5.21. The fourth-order valence-corrected chi connectivity index (χ4v) is 0.756. The van der Waals surface area contributed by atoms with Gasteiger partial charge in [-0.1, -0.05) is 0 Å². The smallest absolute Gasteiger partial charge is 0.183 e. The minimum atomic E-state index is -4.62. The van der Waals surface area contributed by atoms with E-state index in [-0.39, 0.29) is 0 Å². The second-order valence-electron chi connectivity index (χ2n) is 1.38. The lowest BCUT2D eigenvalue weighted by Crippen LogP contribution is -2.63. The molecule has 0 amide bonds. The first-order valence-corrected chi connectivity index (χ1v) is 4.78. The molecule has 74 valence electrons. The van der Waals surface area contributed by atoms with Crippen LogP contribution in [-0.2, 0) is 8.58 Å². The maximum absolute atomic E-state index is 9.66. The number of hydrogen-bond acceptors (Lipinski definition) is 8. The summed E-state index contributed by atoms with van der Waals surface area (Å²) in [5.41, 5.74) is 0. The largest absolute Gasteiger partial charge is 0.243 e. The lowest BCUT2D eigenvalue weighted by atomic mass is 10.8. The maximum Gasteiger partial charge on any atom is 0.243 e.